The number of carbonyl (C=O) groups is 1. The Labute approximate surface area is 181 Å². The van der Waals surface area contributed by atoms with Crippen LogP contribution in [0.15, 0.2) is 59.8 Å². The number of benzene rings is 2. The van der Waals surface area contributed by atoms with Crippen molar-refractivity contribution in [2.75, 3.05) is 5.75 Å². The van der Waals surface area contributed by atoms with E-state index < -0.39 is 0 Å². The first-order valence-electron chi connectivity index (χ1n) is 10.3. The first-order chi connectivity index (χ1) is 14.6. The number of aromatic nitrogens is 4. The van der Waals surface area contributed by atoms with Crippen molar-refractivity contribution in [2.24, 2.45) is 0 Å². The van der Waals surface area contributed by atoms with Gasteiger partial charge in [-0.3, -0.25) is 4.79 Å². The van der Waals surface area contributed by atoms with E-state index >= 15 is 0 Å². The molecule has 0 spiro atoms. The molecule has 0 amide bonds. The fourth-order valence-electron chi connectivity index (χ4n) is 4.05. The summed E-state index contributed by atoms with van der Waals surface area (Å²) in [7, 11) is 0. The average Bonchev–Trinajstić information content (AvgIpc) is 3.29. The summed E-state index contributed by atoms with van der Waals surface area (Å²) in [6.07, 6.45) is 0.735. The van der Waals surface area contributed by atoms with Gasteiger partial charge in [-0.1, -0.05) is 60.3 Å². The Morgan fingerprint density at radius 2 is 1.63 bits per heavy atom. The van der Waals surface area contributed by atoms with Crippen molar-refractivity contribution >= 4 is 28.4 Å². The highest BCUT2D eigenvalue weighted by molar-refractivity contribution is 7.99. The fraction of sp³-hybridized carbons (Fsp3) is 0.292. The van der Waals surface area contributed by atoms with E-state index in [1.165, 1.54) is 17.3 Å². The monoisotopic (exact) mass is 418 g/mol. The second kappa shape index (κ2) is 8.88. The molecule has 0 aliphatic carbocycles. The third-order valence-electron chi connectivity index (χ3n) is 5.47. The lowest BCUT2D eigenvalue weighted by atomic mass is 10.1. The van der Waals surface area contributed by atoms with E-state index in [1.807, 2.05) is 43.3 Å². The minimum absolute atomic E-state index is 0.135. The molecule has 2 heterocycles. The Bertz CT molecular complexity index is 1180. The lowest BCUT2D eigenvalue weighted by molar-refractivity contribution is 0.102. The number of para-hydroxylation sites is 1. The maximum Gasteiger partial charge on any atom is 0.191 e. The molecule has 6 heteroatoms. The van der Waals surface area contributed by atoms with Crippen molar-refractivity contribution in [2.45, 2.75) is 45.4 Å². The number of rotatable bonds is 8. The number of nitrogens with zero attached hydrogens (tertiary/aromatic N) is 4. The molecule has 0 atom stereocenters. The summed E-state index contributed by atoms with van der Waals surface area (Å²) in [5.74, 6) is 1.41. The van der Waals surface area contributed by atoms with E-state index in [-0.39, 0.29) is 5.78 Å². The Balaban J connectivity index is 1.55. The van der Waals surface area contributed by atoms with Gasteiger partial charge >= 0.3 is 0 Å². The summed E-state index contributed by atoms with van der Waals surface area (Å²) in [4.78, 5) is 13.2. The van der Waals surface area contributed by atoms with E-state index in [0.717, 1.165) is 52.7 Å². The third-order valence-corrected chi connectivity index (χ3v) is 6.44. The van der Waals surface area contributed by atoms with E-state index in [0.29, 0.717) is 5.75 Å². The first kappa shape index (κ1) is 20.4. The van der Waals surface area contributed by atoms with Crippen molar-refractivity contribution in [1.82, 2.24) is 19.3 Å². The van der Waals surface area contributed by atoms with Crippen LogP contribution < -0.4 is 0 Å². The third kappa shape index (κ3) is 3.79. The smallest absolute Gasteiger partial charge is 0.191 e. The van der Waals surface area contributed by atoms with Gasteiger partial charge in [0, 0.05) is 41.7 Å². The lowest BCUT2D eigenvalue weighted by Gasteiger charge is -2.08. The molecule has 0 saturated carbocycles. The molecule has 0 aliphatic rings. The topological polar surface area (TPSA) is 52.7 Å². The van der Waals surface area contributed by atoms with E-state index in [1.54, 1.807) is 0 Å². The van der Waals surface area contributed by atoms with Crippen molar-refractivity contribution in [3.8, 4) is 0 Å². The standard InChI is InChI=1S/C24H26N4OS/c1-4-27-17(3)23(19-13-9-10-14-20(19)27)21(29)16-30-24-26-25-22(28(24)5-2)15-18-11-7-6-8-12-18/h6-14H,4-5,15-16H2,1-3H3. The van der Waals surface area contributed by atoms with Crippen molar-refractivity contribution in [1.29, 1.82) is 0 Å². The second-order valence-electron chi connectivity index (χ2n) is 7.24. The number of Topliss-reactive ketones (excluding diaryl/α,β-unsaturated/α-hetero) is 1. The largest absolute Gasteiger partial charge is 0.344 e. The van der Waals surface area contributed by atoms with Crippen LogP contribution in [-0.4, -0.2) is 30.9 Å². The van der Waals surface area contributed by atoms with Crippen LogP contribution in [0.5, 0.6) is 0 Å². The van der Waals surface area contributed by atoms with E-state index in [2.05, 4.69) is 51.4 Å². The van der Waals surface area contributed by atoms with Crippen LogP contribution in [0.25, 0.3) is 10.9 Å². The highest BCUT2D eigenvalue weighted by Gasteiger charge is 2.20. The molecule has 0 unspecified atom stereocenters. The van der Waals surface area contributed by atoms with Crippen LogP contribution in [0.2, 0.25) is 0 Å². The summed E-state index contributed by atoms with van der Waals surface area (Å²) in [6.45, 7) is 7.86. The molecule has 2 aromatic carbocycles. The molecular formula is C24H26N4OS. The van der Waals surface area contributed by atoms with Gasteiger partial charge in [0.05, 0.1) is 5.75 Å². The zero-order chi connectivity index (χ0) is 21.1. The molecule has 4 rings (SSSR count). The molecule has 30 heavy (non-hydrogen) atoms. The van der Waals surface area contributed by atoms with Crippen LogP contribution in [0, 0.1) is 6.92 Å². The van der Waals surface area contributed by atoms with Crippen LogP contribution in [0.1, 0.15) is 41.3 Å². The number of carbonyl (C=O) groups excluding carboxylic acids is 1. The maximum atomic E-state index is 13.2. The fourth-order valence-corrected chi connectivity index (χ4v) is 4.94. The molecular weight excluding hydrogens is 392 g/mol. The van der Waals surface area contributed by atoms with Gasteiger partial charge in [-0.25, -0.2) is 0 Å². The number of thioether (sulfide) groups is 1. The lowest BCUT2D eigenvalue weighted by Crippen LogP contribution is -2.08. The van der Waals surface area contributed by atoms with Crippen molar-refractivity contribution in [3.63, 3.8) is 0 Å². The van der Waals surface area contributed by atoms with Crippen molar-refractivity contribution < 1.29 is 4.79 Å². The summed E-state index contributed by atoms with van der Waals surface area (Å²) in [5, 5.41) is 10.6. The normalized spacial score (nSPS) is 11.3. The van der Waals surface area contributed by atoms with Gasteiger partial charge in [0.1, 0.15) is 5.82 Å². The van der Waals surface area contributed by atoms with Gasteiger partial charge in [-0.15, -0.1) is 10.2 Å². The number of hydrogen-bond acceptors (Lipinski definition) is 4. The Morgan fingerprint density at radius 3 is 2.37 bits per heavy atom. The molecule has 4 aromatic rings. The molecule has 0 aliphatic heterocycles. The minimum atomic E-state index is 0.135. The van der Waals surface area contributed by atoms with Crippen molar-refractivity contribution in [3.05, 3.63) is 77.2 Å². The SMILES string of the molecule is CCn1c(Cc2ccccc2)nnc1SCC(=O)c1c(C)n(CC)c2ccccc12. The maximum absolute atomic E-state index is 13.2. The number of aryl methyl sites for hydroxylation is 1. The molecule has 0 radical (unpaired) electrons. The highest BCUT2D eigenvalue weighted by Crippen LogP contribution is 2.28. The van der Waals surface area contributed by atoms with Crippen LogP contribution in [-0.2, 0) is 19.5 Å². The molecule has 154 valence electrons. The Hall–Kier alpha value is -2.86. The van der Waals surface area contributed by atoms with Crippen LogP contribution in [0.3, 0.4) is 0 Å². The van der Waals surface area contributed by atoms with Gasteiger partial charge < -0.3 is 9.13 Å². The average molecular weight is 419 g/mol. The molecule has 2 aromatic heterocycles. The van der Waals surface area contributed by atoms with Crippen LogP contribution in [0.4, 0.5) is 0 Å². The second-order valence-corrected chi connectivity index (χ2v) is 8.18. The zero-order valence-corrected chi connectivity index (χ0v) is 18.4. The molecule has 0 saturated heterocycles. The quantitative estimate of drug-likeness (QED) is 0.293. The summed E-state index contributed by atoms with van der Waals surface area (Å²) in [6, 6.07) is 18.4. The highest BCUT2D eigenvalue weighted by atomic mass is 32.2. The molecule has 5 nitrogen and oxygen atoms in total. The van der Waals surface area contributed by atoms with Gasteiger partial charge in [-0.05, 0) is 32.4 Å². The van der Waals surface area contributed by atoms with Gasteiger partial charge in [0.25, 0.3) is 0 Å². The summed E-state index contributed by atoms with van der Waals surface area (Å²) < 4.78 is 4.31. The minimum Gasteiger partial charge on any atom is -0.344 e. The van der Waals surface area contributed by atoms with E-state index in [4.69, 9.17) is 0 Å². The number of hydrogen-bond donors (Lipinski definition) is 0. The first-order valence-corrected chi connectivity index (χ1v) is 11.3. The number of fused-ring (bicyclic) bond motifs is 1. The van der Waals surface area contributed by atoms with E-state index in [9.17, 15) is 4.79 Å². The summed E-state index contributed by atoms with van der Waals surface area (Å²) >= 11 is 1.47. The van der Waals surface area contributed by atoms with Crippen LogP contribution >= 0.6 is 11.8 Å². The molecule has 0 bridgehead atoms. The predicted molar refractivity (Wildman–Crippen MR) is 122 cm³/mol. The van der Waals surface area contributed by atoms with Gasteiger partial charge in [-0.2, -0.15) is 0 Å². The Morgan fingerprint density at radius 1 is 0.933 bits per heavy atom. The molecule has 0 N–H and O–H groups in total. The molecule has 0 fully saturated rings. The van der Waals surface area contributed by atoms with Gasteiger partial charge in [0.2, 0.25) is 0 Å². The number of ketones is 1. The summed E-state index contributed by atoms with van der Waals surface area (Å²) in [5.41, 5.74) is 4.18. The zero-order valence-electron chi connectivity index (χ0n) is 17.6. The van der Waals surface area contributed by atoms with Gasteiger partial charge in [0.15, 0.2) is 10.9 Å². The Kier molecular flexibility index (Phi) is 6.04. The predicted octanol–water partition coefficient (Wildman–Crippen LogP) is 5.15.